The number of amides is 1. The molecule has 0 aliphatic rings. The Morgan fingerprint density at radius 1 is 1.42 bits per heavy atom. The van der Waals surface area contributed by atoms with Crippen LogP contribution in [0.5, 0.6) is 5.75 Å². The van der Waals surface area contributed by atoms with Crippen LogP contribution < -0.4 is 20.5 Å². The van der Waals surface area contributed by atoms with E-state index in [4.69, 9.17) is 10.5 Å². The first kappa shape index (κ1) is 15.3. The van der Waals surface area contributed by atoms with Crippen molar-refractivity contribution in [1.82, 2.24) is 10.0 Å². The van der Waals surface area contributed by atoms with Crippen LogP contribution in [-0.2, 0) is 14.8 Å². The minimum absolute atomic E-state index is 0.0225. The van der Waals surface area contributed by atoms with E-state index in [1.165, 1.54) is 32.4 Å². The number of carbonyl (C=O) groups excluding carboxylic acids is 1. The zero-order chi connectivity index (χ0) is 14.5. The van der Waals surface area contributed by atoms with Crippen molar-refractivity contribution < 1.29 is 17.9 Å². The number of anilines is 1. The largest absolute Gasteiger partial charge is 0.495 e. The molecule has 8 heteroatoms. The van der Waals surface area contributed by atoms with Crippen molar-refractivity contribution in [2.24, 2.45) is 0 Å². The summed E-state index contributed by atoms with van der Waals surface area (Å²) in [5.74, 6) is 0.0479. The van der Waals surface area contributed by atoms with Gasteiger partial charge in [-0.05, 0) is 12.1 Å². The number of nitrogen functional groups attached to an aromatic ring is 1. The van der Waals surface area contributed by atoms with Crippen molar-refractivity contribution in [1.29, 1.82) is 0 Å². The zero-order valence-electron chi connectivity index (χ0n) is 10.8. The molecule has 0 spiro atoms. The summed E-state index contributed by atoms with van der Waals surface area (Å²) in [5.41, 5.74) is 5.96. The molecule has 0 atom stereocenters. The van der Waals surface area contributed by atoms with E-state index in [0.29, 0.717) is 5.69 Å². The fourth-order valence-corrected chi connectivity index (χ4v) is 2.41. The first-order chi connectivity index (χ1) is 8.90. The molecule has 1 aromatic rings. The Morgan fingerprint density at radius 3 is 2.68 bits per heavy atom. The molecule has 0 bridgehead atoms. The Hall–Kier alpha value is -1.80. The van der Waals surface area contributed by atoms with Crippen molar-refractivity contribution in [3.05, 3.63) is 18.2 Å². The van der Waals surface area contributed by atoms with Crippen molar-refractivity contribution in [2.75, 3.05) is 26.4 Å². The molecule has 0 aliphatic carbocycles. The topological polar surface area (TPSA) is 111 Å². The van der Waals surface area contributed by atoms with Gasteiger partial charge in [-0.25, -0.2) is 13.1 Å². The Labute approximate surface area is 112 Å². The average Bonchev–Trinajstić information content (AvgIpc) is 2.38. The van der Waals surface area contributed by atoms with E-state index < -0.39 is 10.0 Å². The lowest BCUT2D eigenvalue weighted by Crippen LogP contribution is -2.29. The standard InChI is InChI=1S/C11H17N3O4S/c1-13-11(15)5-6-14-19(16,17)8-3-4-9(12)10(7-8)18-2/h3-4,7,14H,5-6,12H2,1-2H3,(H,13,15). The van der Waals surface area contributed by atoms with Gasteiger partial charge in [0.15, 0.2) is 0 Å². The first-order valence-electron chi connectivity index (χ1n) is 5.54. The van der Waals surface area contributed by atoms with Crippen LogP contribution in [-0.4, -0.2) is 35.0 Å². The number of rotatable bonds is 6. The van der Waals surface area contributed by atoms with Crippen LogP contribution in [0.4, 0.5) is 5.69 Å². The van der Waals surface area contributed by atoms with Gasteiger partial charge in [0.25, 0.3) is 0 Å². The highest BCUT2D eigenvalue weighted by molar-refractivity contribution is 7.89. The second-order valence-electron chi connectivity index (χ2n) is 3.72. The summed E-state index contributed by atoms with van der Waals surface area (Å²) in [4.78, 5) is 11.0. The number of ether oxygens (including phenoxy) is 1. The molecule has 1 amide bonds. The third kappa shape index (κ3) is 4.11. The average molecular weight is 287 g/mol. The molecule has 0 aromatic heterocycles. The van der Waals surface area contributed by atoms with Gasteiger partial charge in [0.1, 0.15) is 5.75 Å². The molecule has 0 unspecified atom stereocenters. The zero-order valence-corrected chi connectivity index (χ0v) is 11.6. The van der Waals surface area contributed by atoms with Crippen molar-refractivity contribution >= 4 is 21.6 Å². The number of methoxy groups -OCH3 is 1. The SMILES string of the molecule is CNC(=O)CCNS(=O)(=O)c1ccc(N)c(OC)c1. The van der Waals surface area contributed by atoms with Gasteiger partial charge in [0, 0.05) is 26.1 Å². The van der Waals surface area contributed by atoms with Crippen LogP contribution in [0.1, 0.15) is 6.42 Å². The molecular weight excluding hydrogens is 270 g/mol. The van der Waals surface area contributed by atoms with Crippen LogP contribution >= 0.6 is 0 Å². The van der Waals surface area contributed by atoms with E-state index in [-0.39, 0.29) is 29.5 Å². The van der Waals surface area contributed by atoms with Gasteiger partial charge >= 0.3 is 0 Å². The van der Waals surface area contributed by atoms with E-state index in [2.05, 4.69) is 10.0 Å². The molecule has 0 fully saturated rings. The predicted octanol–water partition coefficient (Wildman–Crippen LogP) is -0.308. The van der Waals surface area contributed by atoms with E-state index in [0.717, 1.165) is 0 Å². The number of hydrogen-bond acceptors (Lipinski definition) is 5. The molecule has 4 N–H and O–H groups in total. The van der Waals surface area contributed by atoms with Gasteiger partial charge in [-0.1, -0.05) is 0 Å². The van der Waals surface area contributed by atoms with Crippen LogP contribution in [0.15, 0.2) is 23.1 Å². The van der Waals surface area contributed by atoms with Gasteiger partial charge in [0.05, 0.1) is 17.7 Å². The van der Waals surface area contributed by atoms with Gasteiger partial charge in [-0.3, -0.25) is 4.79 Å². The summed E-state index contributed by atoms with van der Waals surface area (Å²) in [6, 6.07) is 4.16. The summed E-state index contributed by atoms with van der Waals surface area (Å²) in [6.07, 6.45) is 0.0713. The third-order valence-corrected chi connectivity index (χ3v) is 3.90. The molecule has 0 aliphatic heterocycles. The van der Waals surface area contributed by atoms with Gasteiger partial charge in [0.2, 0.25) is 15.9 Å². The maximum absolute atomic E-state index is 11.9. The number of sulfonamides is 1. The lowest BCUT2D eigenvalue weighted by Gasteiger charge is -2.09. The molecule has 19 heavy (non-hydrogen) atoms. The number of nitrogens with two attached hydrogens (primary N) is 1. The monoisotopic (exact) mass is 287 g/mol. The van der Waals surface area contributed by atoms with Gasteiger partial charge in [-0.15, -0.1) is 0 Å². The maximum atomic E-state index is 11.9. The Bertz CT molecular complexity index is 557. The van der Waals surface area contributed by atoms with Crippen LogP contribution in [0.25, 0.3) is 0 Å². The number of hydrogen-bond donors (Lipinski definition) is 3. The molecule has 0 saturated heterocycles. The van der Waals surface area contributed by atoms with E-state index >= 15 is 0 Å². The van der Waals surface area contributed by atoms with E-state index in [1.807, 2.05) is 0 Å². The summed E-state index contributed by atoms with van der Waals surface area (Å²) < 4.78 is 31.2. The molecule has 106 valence electrons. The molecule has 7 nitrogen and oxygen atoms in total. The highest BCUT2D eigenvalue weighted by atomic mass is 32.2. The second kappa shape index (κ2) is 6.39. The minimum Gasteiger partial charge on any atom is -0.495 e. The van der Waals surface area contributed by atoms with E-state index in [1.54, 1.807) is 0 Å². The summed E-state index contributed by atoms with van der Waals surface area (Å²) >= 11 is 0. The minimum atomic E-state index is -3.68. The molecule has 0 heterocycles. The predicted molar refractivity (Wildman–Crippen MR) is 71.3 cm³/mol. The van der Waals surface area contributed by atoms with Crippen LogP contribution in [0, 0.1) is 0 Å². The highest BCUT2D eigenvalue weighted by Crippen LogP contribution is 2.24. The smallest absolute Gasteiger partial charge is 0.240 e. The fraction of sp³-hybridized carbons (Fsp3) is 0.364. The summed E-state index contributed by atoms with van der Waals surface area (Å²) in [6.45, 7) is 0.0225. The molecular formula is C11H17N3O4S. The fourth-order valence-electron chi connectivity index (χ4n) is 1.37. The van der Waals surface area contributed by atoms with Crippen LogP contribution in [0.3, 0.4) is 0 Å². The molecule has 0 radical (unpaired) electrons. The van der Waals surface area contributed by atoms with E-state index in [9.17, 15) is 13.2 Å². The summed E-state index contributed by atoms with van der Waals surface area (Å²) in [5, 5.41) is 2.41. The quantitative estimate of drug-likeness (QED) is 0.622. The number of carbonyl (C=O) groups is 1. The first-order valence-corrected chi connectivity index (χ1v) is 7.03. The molecule has 0 saturated carbocycles. The van der Waals surface area contributed by atoms with Crippen LogP contribution in [0.2, 0.25) is 0 Å². The Balaban J connectivity index is 2.80. The molecule has 1 rings (SSSR count). The van der Waals surface area contributed by atoms with Gasteiger partial charge < -0.3 is 15.8 Å². The molecule has 1 aromatic carbocycles. The lowest BCUT2D eigenvalue weighted by molar-refractivity contribution is -0.120. The number of benzene rings is 1. The maximum Gasteiger partial charge on any atom is 0.240 e. The second-order valence-corrected chi connectivity index (χ2v) is 5.49. The normalized spacial score (nSPS) is 11.1. The van der Waals surface area contributed by atoms with Crippen molar-refractivity contribution in [3.8, 4) is 5.75 Å². The third-order valence-electron chi connectivity index (χ3n) is 2.44. The Morgan fingerprint density at radius 2 is 2.11 bits per heavy atom. The Kier molecular flexibility index (Phi) is 5.13. The summed E-state index contributed by atoms with van der Waals surface area (Å²) in [7, 11) is -0.787. The highest BCUT2D eigenvalue weighted by Gasteiger charge is 2.15. The van der Waals surface area contributed by atoms with Crippen molar-refractivity contribution in [3.63, 3.8) is 0 Å². The van der Waals surface area contributed by atoms with Gasteiger partial charge in [-0.2, -0.15) is 0 Å². The van der Waals surface area contributed by atoms with Crippen molar-refractivity contribution in [2.45, 2.75) is 11.3 Å². The number of nitrogens with one attached hydrogen (secondary N) is 2. The lowest BCUT2D eigenvalue weighted by atomic mass is 10.3.